The molecule has 0 radical (unpaired) electrons. The molecule has 0 bridgehead atoms. The van der Waals surface area contributed by atoms with Crippen molar-refractivity contribution in [1.29, 1.82) is 0 Å². The minimum absolute atomic E-state index is 0.472. The van der Waals surface area contributed by atoms with Gasteiger partial charge >= 0.3 is 0 Å². The normalized spacial score (nSPS) is 13.2. The molecule has 1 aromatic heterocycles. The number of nitrogens with zero attached hydrogens (tertiary/aromatic N) is 3. The quantitative estimate of drug-likeness (QED) is 0.414. The van der Waals surface area contributed by atoms with E-state index in [0.29, 0.717) is 5.92 Å². The predicted molar refractivity (Wildman–Crippen MR) is 91.3 cm³/mol. The molecule has 0 aliphatic carbocycles. The van der Waals surface area contributed by atoms with Crippen LogP contribution >= 0.6 is 0 Å². The number of nitrogens with one attached hydrogen (secondary N) is 2. The van der Waals surface area contributed by atoms with E-state index in [9.17, 15) is 0 Å². The topological polar surface area (TPSA) is 63.5 Å². The molecule has 22 heavy (non-hydrogen) atoms. The third-order valence-electron chi connectivity index (χ3n) is 3.39. The summed E-state index contributed by atoms with van der Waals surface area (Å²) in [6.45, 7) is 12.6. The average molecular weight is 309 g/mol. The van der Waals surface area contributed by atoms with Crippen LogP contribution in [0.3, 0.4) is 0 Å². The van der Waals surface area contributed by atoms with E-state index < -0.39 is 0 Å². The van der Waals surface area contributed by atoms with Gasteiger partial charge in [-0.1, -0.05) is 6.92 Å². The second-order valence-electron chi connectivity index (χ2n) is 5.64. The van der Waals surface area contributed by atoms with Crippen LogP contribution in [0.1, 0.15) is 31.7 Å². The van der Waals surface area contributed by atoms with Gasteiger partial charge in [-0.15, -0.1) is 0 Å². The lowest BCUT2D eigenvalue weighted by molar-refractivity contribution is 0.145. The molecule has 126 valence electrons. The van der Waals surface area contributed by atoms with E-state index in [4.69, 9.17) is 4.74 Å². The number of aliphatic imine (C=N–C) groups is 1. The van der Waals surface area contributed by atoms with Crippen LogP contribution in [-0.2, 0) is 11.3 Å². The summed E-state index contributed by atoms with van der Waals surface area (Å²) in [7, 11) is 1.80. The molecule has 0 saturated carbocycles. The van der Waals surface area contributed by atoms with Gasteiger partial charge in [-0.25, -0.2) is 0 Å². The SMILES string of the molecule is CCOCCCNC(=NC)NCC(C)Cn1nc(C)cc1C. The van der Waals surface area contributed by atoms with Crippen molar-refractivity contribution in [3.63, 3.8) is 0 Å². The molecule has 0 fully saturated rings. The van der Waals surface area contributed by atoms with Gasteiger partial charge in [0, 0.05) is 45.6 Å². The van der Waals surface area contributed by atoms with Gasteiger partial charge in [-0.3, -0.25) is 9.67 Å². The van der Waals surface area contributed by atoms with Crippen molar-refractivity contribution in [3.8, 4) is 0 Å². The van der Waals surface area contributed by atoms with Gasteiger partial charge in [0.15, 0.2) is 5.96 Å². The number of guanidine groups is 1. The summed E-state index contributed by atoms with van der Waals surface area (Å²) in [6, 6.07) is 2.11. The average Bonchev–Trinajstić information content (AvgIpc) is 2.79. The van der Waals surface area contributed by atoms with E-state index >= 15 is 0 Å². The molecule has 1 atom stereocenters. The van der Waals surface area contributed by atoms with Crippen LogP contribution in [-0.4, -0.2) is 49.1 Å². The highest BCUT2D eigenvalue weighted by Crippen LogP contribution is 2.05. The van der Waals surface area contributed by atoms with Crippen molar-refractivity contribution >= 4 is 5.96 Å². The molecular formula is C16H31N5O. The molecule has 0 amide bonds. The Kier molecular flexibility index (Phi) is 8.58. The van der Waals surface area contributed by atoms with E-state index in [0.717, 1.165) is 50.9 Å². The Morgan fingerprint density at radius 1 is 1.41 bits per heavy atom. The Hall–Kier alpha value is -1.56. The first kappa shape index (κ1) is 18.5. The van der Waals surface area contributed by atoms with Crippen LogP contribution in [0.5, 0.6) is 0 Å². The van der Waals surface area contributed by atoms with Gasteiger partial charge in [-0.05, 0) is 39.2 Å². The first-order valence-corrected chi connectivity index (χ1v) is 8.10. The van der Waals surface area contributed by atoms with E-state index in [1.54, 1.807) is 7.05 Å². The fourth-order valence-electron chi connectivity index (χ4n) is 2.24. The van der Waals surface area contributed by atoms with Crippen molar-refractivity contribution < 1.29 is 4.74 Å². The monoisotopic (exact) mass is 309 g/mol. The molecule has 2 N–H and O–H groups in total. The van der Waals surface area contributed by atoms with Gasteiger partial charge in [0.05, 0.1) is 5.69 Å². The Morgan fingerprint density at radius 2 is 2.18 bits per heavy atom. The summed E-state index contributed by atoms with van der Waals surface area (Å²) in [4.78, 5) is 4.24. The lowest BCUT2D eigenvalue weighted by Gasteiger charge is -2.16. The van der Waals surface area contributed by atoms with Crippen molar-refractivity contribution in [2.45, 2.75) is 40.7 Å². The molecule has 0 saturated heterocycles. The first-order valence-electron chi connectivity index (χ1n) is 8.10. The van der Waals surface area contributed by atoms with Crippen molar-refractivity contribution in [2.75, 3.05) is 33.4 Å². The van der Waals surface area contributed by atoms with E-state index in [1.165, 1.54) is 5.69 Å². The standard InChI is InChI=1S/C16H31N5O/c1-6-22-9-7-8-18-16(17-5)19-11-13(2)12-21-15(4)10-14(3)20-21/h10,13H,6-9,11-12H2,1-5H3,(H2,17,18,19). The van der Waals surface area contributed by atoms with Crippen LogP contribution in [0.2, 0.25) is 0 Å². The number of rotatable bonds is 9. The van der Waals surface area contributed by atoms with Gasteiger partial charge in [0.1, 0.15) is 0 Å². The van der Waals surface area contributed by atoms with Crippen LogP contribution in [0.15, 0.2) is 11.1 Å². The summed E-state index contributed by atoms with van der Waals surface area (Å²) < 4.78 is 7.39. The molecular weight excluding hydrogens is 278 g/mol. The maximum absolute atomic E-state index is 5.32. The smallest absolute Gasteiger partial charge is 0.190 e. The molecule has 1 unspecified atom stereocenters. The lowest BCUT2D eigenvalue weighted by Crippen LogP contribution is -2.40. The fraction of sp³-hybridized carbons (Fsp3) is 0.750. The Bertz CT molecular complexity index is 455. The Labute approximate surface area is 134 Å². The summed E-state index contributed by atoms with van der Waals surface area (Å²) in [5.41, 5.74) is 2.28. The number of hydrogen-bond donors (Lipinski definition) is 2. The summed E-state index contributed by atoms with van der Waals surface area (Å²) in [6.07, 6.45) is 0.982. The molecule has 0 aliphatic rings. The number of ether oxygens (including phenoxy) is 1. The zero-order valence-corrected chi connectivity index (χ0v) is 14.6. The second kappa shape index (κ2) is 10.2. The second-order valence-corrected chi connectivity index (χ2v) is 5.64. The van der Waals surface area contributed by atoms with E-state index in [2.05, 4.69) is 45.3 Å². The zero-order chi connectivity index (χ0) is 16.4. The Morgan fingerprint density at radius 3 is 2.77 bits per heavy atom. The molecule has 0 aromatic carbocycles. The number of hydrogen-bond acceptors (Lipinski definition) is 3. The third kappa shape index (κ3) is 6.93. The van der Waals surface area contributed by atoms with Gasteiger partial charge in [0.2, 0.25) is 0 Å². The molecule has 0 aliphatic heterocycles. The van der Waals surface area contributed by atoms with Crippen LogP contribution in [0, 0.1) is 19.8 Å². The molecule has 6 heteroatoms. The summed E-state index contributed by atoms with van der Waals surface area (Å²) in [5.74, 6) is 1.32. The largest absolute Gasteiger partial charge is 0.382 e. The maximum atomic E-state index is 5.32. The third-order valence-corrected chi connectivity index (χ3v) is 3.39. The molecule has 0 spiro atoms. The summed E-state index contributed by atoms with van der Waals surface area (Å²) in [5, 5.41) is 11.2. The molecule has 1 aromatic rings. The first-order chi connectivity index (χ1) is 10.6. The van der Waals surface area contributed by atoms with Crippen molar-refractivity contribution in [2.24, 2.45) is 10.9 Å². The van der Waals surface area contributed by atoms with Crippen LogP contribution < -0.4 is 10.6 Å². The Balaban J connectivity index is 2.26. The van der Waals surface area contributed by atoms with Crippen molar-refractivity contribution in [3.05, 3.63) is 17.5 Å². The van der Waals surface area contributed by atoms with Crippen molar-refractivity contribution in [1.82, 2.24) is 20.4 Å². The highest BCUT2D eigenvalue weighted by molar-refractivity contribution is 5.79. The minimum Gasteiger partial charge on any atom is -0.382 e. The van der Waals surface area contributed by atoms with Gasteiger partial charge in [-0.2, -0.15) is 5.10 Å². The zero-order valence-electron chi connectivity index (χ0n) is 14.6. The van der Waals surface area contributed by atoms with Gasteiger partial charge < -0.3 is 15.4 Å². The lowest BCUT2D eigenvalue weighted by atomic mass is 10.2. The number of aromatic nitrogens is 2. The minimum atomic E-state index is 0.472. The van der Waals surface area contributed by atoms with E-state index in [-0.39, 0.29) is 0 Å². The fourth-order valence-corrected chi connectivity index (χ4v) is 2.24. The summed E-state index contributed by atoms with van der Waals surface area (Å²) >= 11 is 0. The van der Waals surface area contributed by atoms with Gasteiger partial charge in [0.25, 0.3) is 0 Å². The maximum Gasteiger partial charge on any atom is 0.190 e. The highest BCUT2D eigenvalue weighted by Gasteiger charge is 2.08. The highest BCUT2D eigenvalue weighted by atomic mass is 16.5. The predicted octanol–water partition coefficient (Wildman–Crippen LogP) is 1.73. The molecule has 6 nitrogen and oxygen atoms in total. The number of aryl methyl sites for hydroxylation is 2. The van der Waals surface area contributed by atoms with Crippen LogP contribution in [0.4, 0.5) is 0 Å². The molecule has 1 rings (SSSR count). The van der Waals surface area contributed by atoms with Crippen LogP contribution in [0.25, 0.3) is 0 Å². The van der Waals surface area contributed by atoms with E-state index in [1.807, 2.05) is 13.8 Å². The molecule has 1 heterocycles.